The minimum absolute atomic E-state index is 0.271. The van der Waals surface area contributed by atoms with Crippen LogP contribution in [0.1, 0.15) is 25.8 Å². The zero-order valence-electron chi connectivity index (χ0n) is 11.5. The van der Waals surface area contributed by atoms with Crippen molar-refractivity contribution in [3.05, 3.63) is 29.8 Å². The number of aliphatic hydroxyl groups is 1. The van der Waals surface area contributed by atoms with Gasteiger partial charge in [0.2, 0.25) is 0 Å². The first-order chi connectivity index (χ1) is 9.35. The van der Waals surface area contributed by atoms with Crippen molar-refractivity contribution in [2.45, 2.75) is 45.3 Å². The van der Waals surface area contributed by atoms with Gasteiger partial charge < -0.3 is 14.6 Å². The normalized spacial score (nSPS) is 14.9. The van der Waals surface area contributed by atoms with E-state index in [0.29, 0.717) is 19.4 Å². The molecule has 0 heterocycles. The van der Waals surface area contributed by atoms with Crippen LogP contribution in [0.4, 0.5) is 13.2 Å². The van der Waals surface area contributed by atoms with E-state index in [1.807, 2.05) is 13.8 Å². The summed E-state index contributed by atoms with van der Waals surface area (Å²) in [5.41, 5.74) is 0.727. The standard InChI is InChI=1S/C14H19F3O3/c1-3-13(19-4-2)12(18)9-10-5-7-11(8-6-10)20-14(15,16)17/h5-8,12-13,18H,3-4,9H2,1-2H3. The predicted octanol–water partition coefficient (Wildman–Crippen LogP) is 3.30. The van der Waals surface area contributed by atoms with E-state index in [-0.39, 0.29) is 11.9 Å². The summed E-state index contributed by atoms with van der Waals surface area (Å²) < 4.78 is 45.2. The SMILES string of the molecule is CCOC(CC)C(O)Cc1ccc(OC(F)(F)F)cc1. The van der Waals surface area contributed by atoms with Gasteiger partial charge in [0.05, 0.1) is 12.2 Å². The molecule has 0 aliphatic rings. The number of hydrogen-bond acceptors (Lipinski definition) is 3. The number of halogens is 3. The summed E-state index contributed by atoms with van der Waals surface area (Å²) in [7, 11) is 0. The number of benzene rings is 1. The number of ether oxygens (including phenoxy) is 2. The summed E-state index contributed by atoms with van der Waals surface area (Å²) in [5, 5.41) is 10.0. The molecule has 0 aliphatic heterocycles. The van der Waals surface area contributed by atoms with Gasteiger partial charge in [0.1, 0.15) is 5.75 Å². The minimum Gasteiger partial charge on any atom is -0.406 e. The van der Waals surface area contributed by atoms with E-state index in [1.165, 1.54) is 24.3 Å². The van der Waals surface area contributed by atoms with Gasteiger partial charge in [0.25, 0.3) is 0 Å². The van der Waals surface area contributed by atoms with Crippen molar-refractivity contribution in [1.82, 2.24) is 0 Å². The molecule has 114 valence electrons. The minimum atomic E-state index is -4.69. The van der Waals surface area contributed by atoms with Gasteiger partial charge in [-0.3, -0.25) is 0 Å². The zero-order chi connectivity index (χ0) is 15.2. The molecule has 0 radical (unpaired) electrons. The van der Waals surface area contributed by atoms with Crippen molar-refractivity contribution in [1.29, 1.82) is 0 Å². The van der Waals surface area contributed by atoms with Crippen LogP contribution >= 0.6 is 0 Å². The smallest absolute Gasteiger partial charge is 0.406 e. The Morgan fingerprint density at radius 2 is 1.75 bits per heavy atom. The molecule has 6 heteroatoms. The molecule has 0 saturated carbocycles. The van der Waals surface area contributed by atoms with Crippen LogP contribution in [0.25, 0.3) is 0 Å². The topological polar surface area (TPSA) is 38.7 Å². The first kappa shape index (κ1) is 16.8. The van der Waals surface area contributed by atoms with Crippen LogP contribution in [0, 0.1) is 0 Å². The van der Waals surface area contributed by atoms with Crippen molar-refractivity contribution in [2.75, 3.05) is 6.61 Å². The van der Waals surface area contributed by atoms with E-state index in [4.69, 9.17) is 4.74 Å². The van der Waals surface area contributed by atoms with Gasteiger partial charge in [0, 0.05) is 13.0 Å². The van der Waals surface area contributed by atoms with Crippen LogP contribution in [-0.4, -0.2) is 30.3 Å². The summed E-state index contributed by atoms with van der Waals surface area (Å²) in [6, 6.07) is 5.47. The van der Waals surface area contributed by atoms with Gasteiger partial charge >= 0.3 is 6.36 Å². The number of alkyl halides is 3. The van der Waals surface area contributed by atoms with Crippen molar-refractivity contribution in [3.63, 3.8) is 0 Å². The molecule has 0 saturated heterocycles. The summed E-state index contributed by atoms with van der Waals surface area (Å²) in [4.78, 5) is 0. The largest absolute Gasteiger partial charge is 0.573 e. The molecule has 0 bridgehead atoms. The maximum Gasteiger partial charge on any atom is 0.573 e. The van der Waals surface area contributed by atoms with Gasteiger partial charge in [-0.2, -0.15) is 0 Å². The van der Waals surface area contributed by atoms with Crippen LogP contribution in [0.3, 0.4) is 0 Å². The third kappa shape index (κ3) is 5.79. The number of rotatable bonds is 7. The highest BCUT2D eigenvalue weighted by molar-refractivity contribution is 5.27. The lowest BCUT2D eigenvalue weighted by atomic mass is 10.0. The molecule has 1 N–H and O–H groups in total. The molecule has 1 aromatic carbocycles. The van der Waals surface area contributed by atoms with E-state index >= 15 is 0 Å². The summed E-state index contributed by atoms with van der Waals surface area (Å²) in [5.74, 6) is -0.271. The summed E-state index contributed by atoms with van der Waals surface area (Å²) >= 11 is 0. The van der Waals surface area contributed by atoms with Crippen molar-refractivity contribution in [2.24, 2.45) is 0 Å². The van der Waals surface area contributed by atoms with Gasteiger partial charge in [-0.15, -0.1) is 13.2 Å². The molecule has 0 amide bonds. The molecular weight excluding hydrogens is 273 g/mol. The second kappa shape index (κ2) is 7.50. The fourth-order valence-corrected chi connectivity index (χ4v) is 1.92. The van der Waals surface area contributed by atoms with Gasteiger partial charge in [0.15, 0.2) is 0 Å². The first-order valence-corrected chi connectivity index (χ1v) is 6.50. The molecule has 0 aromatic heterocycles. The Balaban J connectivity index is 2.60. The number of aliphatic hydroxyl groups excluding tert-OH is 1. The van der Waals surface area contributed by atoms with Crippen molar-refractivity contribution >= 4 is 0 Å². The lowest BCUT2D eigenvalue weighted by molar-refractivity contribution is -0.274. The molecule has 1 rings (SSSR count). The van der Waals surface area contributed by atoms with Crippen LogP contribution in [0.2, 0.25) is 0 Å². The summed E-state index contributed by atoms with van der Waals surface area (Å²) in [6.45, 7) is 4.26. The fraction of sp³-hybridized carbons (Fsp3) is 0.571. The van der Waals surface area contributed by atoms with Crippen LogP contribution in [-0.2, 0) is 11.2 Å². The molecule has 0 aliphatic carbocycles. The van der Waals surface area contributed by atoms with Crippen LogP contribution < -0.4 is 4.74 Å². The van der Waals surface area contributed by atoms with Crippen molar-refractivity contribution < 1.29 is 27.8 Å². The Kier molecular flexibility index (Phi) is 6.29. The Morgan fingerprint density at radius 3 is 2.20 bits per heavy atom. The average Bonchev–Trinajstić information content (AvgIpc) is 2.36. The highest BCUT2D eigenvalue weighted by Crippen LogP contribution is 2.23. The van der Waals surface area contributed by atoms with E-state index in [0.717, 1.165) is 5.56 Å². The number of hydrogen-bond donors (Lipinski definition) is 1. The van der Waals surface area contributed by atoms with Gasteiger partial charge in [-0.25, -0.2) is 0 Å². The summed E-state index contributed by atoms with van der Waals surface area (Å²) in [6.07, 6.45) is -4.65. The Bertz CT molecular complexity index is 390. The lowest BCUT2D eigenvalue weighted by Gasteiger charge is -2.21. The molecule has 0 fully saturated rings. The fourth-order valence-electron chi connectivity index (χ4n) is 1.92. The third-order valence-electron chi connectivity index (χ3n) is 2.81. The van der Waals surface area contributed by atoms with Crippen molar-refractivity contribution in [3.8, 4) is 5.75 Å². The molecular formula is C14H19F3O3. The average molecular weight is 292 g/mol. The Morgan fingerprint density at radius 1 is 1.15 bits per heavy atom. The maximum atomic E-state index is 12.0. The molecule has 0 spiro atoms. The predicted molar refractivity (Wildman–Crippen MR) is 68.5 cm³/mol. The van der Waals surface area contributed by atoms with Crippen LogP contribution in [0.15, 0.2) is 24.3 Å². The highest BCUT2D eigenvalue weighted by Gasteiger charge is 2.31. The third-order valence-corrected chi connectivity index (χ3v) is 2.81. The lowest BCUT2D eigenvalue weighted by Crippen LogP contribution is -2.30. The molecule has 3 nitrogen and oxygen atoms in total. The monoisotopic (exact) mass is 292 g/mol. The highest BCUT2D eigenvalue weighted by atomic mass is 19.4. The van der Waals surface area contributed by atoms with E-state index < -0.39 is 12.5 Å². The quantitative estimate of drug-likeness (QED) is 0.838. The molecule has 2 atom stereocenters. The van der Waals surface area contributed by atoms with E-state index in [2.05, 4.69) is 4.74 Å². The second-order valence-corrected chi connectivity index (χ2v) is 4.37. The van der Waals surface area contributed by atoms with Gasteiger partial charge in [-0.1, -0.05) is 19.1 Å². The molecule has 1 aromatic rings. The Hall–Kier alpha value is -1.27. The van der Waals surface area contributed by atoms with Crippen LogP contribution in [0.5, 0.6) is 5.75 Å². The van der Waals surface area contributed by atoms with E-state index in [9.17, 15) is 18.3 Å². The van der Waals surface area contributed by atoms with E-state index in [1.54, 1.807) is 0 Å². The molecule has 2 unspecified atom stereocenters. The maximum absolute atomic E-state index is 12.0. The van der Waals surface area contributed by atoms with Gasteiger partial charge in [-0.05, 0) is 31.0 Å². The Labute approximate surface area is 116 Å². The second-order valence-electron chi connectivity index (χ2n) is 4.37. The zero-order valence-corrected chi connectivity index (χ0v) is 11.5. The first-order valence-electron chi connectivity index (χ1n) is 6.50. The molecule has 20 heavy (non-hydrogen) atoms.